The maximum absolute atomic E-state index is 11.5. The van der Waals surface area contributed by atoms with Crippen LogP contribution >= 0.6 is 0 Å². The smallest absolute Gasteiger partial charge is 0.305 e. The molecular formula is C9H18N2O4S. The van der Waals surface area contributed by atoms with Crippen molar-refractivity contribution >= 4 is 16.0 Å². The second-order valence-corrected chi connectivity index (χ2v) is 6.20. The van der Waals surface area contributed by atoms with Crippen molar-refractivity contribution in [1.29, 1.82) is 0 Å². The third-order valence-corrected chi connectivity index (χ3v) is 4.41. The molecule has 0 aliphatic carbocycles. The molecule has 1 N–H and O–H groups in total. The van der Waals surface area contributed by atoms with Gasteiger partial charge in [-0.1, -0.05) is 0 Å². The van der Waals surface area contributed by atoms with Gasteiger partial charge in [-0.25, -0.2) is 8.42 Å². The van der Waals surface area contributed by atoms with Gasteiger partial charge in [-0.05, 0) is 14.0 Å². The van der Waals surface area contributed by atoms with Crippen molar-refractivity contribution in [3.05, 3.63) is 0 Å². The number of carboxylic acid groups (broad SMARTS) is 1. The van der Waals surface area contributed by atoms with Crippen LogP contribution in [0.4, 0.5) is 0 Å². The van der Waals surface area contributed by atoms with Gasteiger partial charge in [-0.3, -0.25) is 4.79 Å². The number of likely N-dealkylation sites (N-methyl/N-ethyl adjacent to an activating group) is 1. The first kappa shape index (κ1) is 13.4. The van der Waals surface area contributed by atoms with Crippen molar-refractivity contribution in [3.8, 4) is 0 Å². The van der Waals surface area contributed by atoms with E-state index in [4.69, 9.17) is 5.11 Å². The molecule has 1 heterocycles. The maximum Gasteiger partial charge on any atom is 0.305 e. The molecule has 94 valence electrons. The van der Waals surface area contributed by atoms with Crippen LogP contribution in [0.3, 0.4) is 0 Å². The van der Waals surface area contributed by atoms with E-state index in [1.165, 1.54) is 4.31 Å². The standard InChI is InChI=1S/C9H18N2O4S/c1-7-8(6-9(12)13)11(16(3,14)15)5-4-10(7)2/h7-8H,4-6H2,1-3H3,(H,12,13)/t7-,8-/m1/s1. The number of piperazine rings is 1. The Hall–Kier alpha value is -0.660. The van der Waals surface area contributed by atoms with E-state index in [1.54, 1.807) is 0 Å². The van der Waals surface area contributed by atoms with E-state index in [9.17, 15) is 13.2 Å². The van der Waals surface area contributed by atoms with Crippen molar-refractivity contribution in [2.45, 2.75) is 25.4 Å². The first-order chi connectivity index (χ1) is 7.23. The molecule has 16 heavy (non-hydrogen) atoms. The summed E-state index contributed by atoms with van der Waals surface area (Å²) in [6.45, 7) is 2.84. The highest BCUT2D eigenvalue weighted by molar-refractivity contribution is 7.88. The predicted molar refractivity (Wildman–Crippen MR) is 59.7 cm³/mol. The highest BCUT2D eigenvalue weighted by atomic mass is 32.2. The molecule has 0 bridgehead atoms. The lowest BCUT2D eigenvalue weighted by Crippen LogP contribution is -2.59. The Bertz CT molecular complexity index is 368. The van der Waals surface area contributed by atoms with Gasteiger partial charge in [0.2, 0.25) is 10.0 Å². The summed E-state index contributed by atoms with van der Waals surface area (Å²) in [5, 5.41) is 8.81. The van der Waals surface area contributed by atoms with E-state index in [1.807, 2.05) is 18.9 Å². The lowest BCUT2D eigenvalue weighted by molar-refractivity contribution is -0.138. The summed E-state index contributed by atoms with van der Waals surface area (Å²) in [5.41, 5.74) is 0. The Balaban J connectivity index is 2.94. The molecule has 6 nitrogen and oxygen atoms in total. The summed E-state index contributed by atoms with van der Waals surface area (Å²) < 4.78 is 24.4. The van der Waals surface area contributed by atoms with Crippen LogP contribution in [0.15, 0.2) is 0 Å². The summed E-state index contributed by atoms with van der Waals surface area (Å²) in [5.74, 6) is -0.971. The van der Waals surface area contributed by atoms with E-state index < -0.39 is 22.0 Å². The van der Waals surface area contributed by atoms with Crippen LogP contribution < -0.4 is 0 Å². The van der Waals surface area contributed by atoms with Crippen LogP contribution in [-0.2, 0) is 14.8 Å². The summed E-state index contributed by atoms with van der Waals surface area (Å²) in [7, 11) is -1.46. The first-order valence-corrected chi connectivity index (χ1v) is 6.97. The molecule has 1 fully saturated rings. The van der Waals surface area contributed by atoms with E-state index in [-0.39, 0.29) is 12.5 Å². The minimum absolute atomic E-state index is 0.0837. The molecule has 0 aromatic rings. The zero-order valence-corrected chi connectivity index (χ0v) is 10.6. The molecule has 0 saturated carbocycles. The van der Waals surface area contributed by atoms with E-state index in [2.05, 4.69) is 0 Å². The summed E-state index contributed by atoms with van der Waals surface area (Å²) >= 11 is 0. The highest BCUT2D eigenvalue weighted by Gasteiger charge is 2.37. The van der Waals surface area contributed by atoms with Crippen molar-refractivity contribution in [2.75, 3.05) is 26.4 Å². The van der Waals surface area contributed by atoms with Gasteiger partial charge in [0, 0.05) is 19.1 Å². The van der Waals surface area contributed by atoms with Crippen molar-refractivity contribution < 1.29 is 18.3 Å². The van der Waals surface area contributed by atoms with Crippen LogP contribution in [0.25, 0.3) is 0 Å². The van der Waals surface area contributed by atoms with Gasteiger partial charge >= 0.3 is 5.97 Å². The van der Waals surface area contributed by atoms with E-state index in [0.29, 0.717) is 13.1 Å². The monoisotopic (exact) mass is 250 g/mol. The number of carboxylic acids is 1. The summed E-state index contributed by atoms with van der Waals surface area (Å²) in [4.78, 5) is 12.7. The van der Waals surface area contributed by atoms with Gasteiger partial charge in [-0.2, -0.15) is 4.31 Å². The zero-order chi connectivity index (χ0) is 12.5. The fourth-order valence-corrected chi connectivity index (χ4v) is 3.18. The number of aliphatic carboxylic acids is 1. The van der Waals surface area contributed by atoms with Crippen LogP contribution in [0.1, 0.15) is 13.3 Å². The molecule has 0 amide bonds. The van der Waals surface area contributed by atoms with Gasteiger partial charge in [0.1, 0.15) is 0 Å². The Morgan fingerprint density at radius 1 is 1.44 bits per heavy atom. The van der Waals surface area contributed by atoms with Crippen LogP contribution in [0, 0.1) is 0 Å². The fraction of sp³-hybridized carbons (Fsp3) is 0.889. The first-order valence-electron chi connectivity index (χ1n) is 5.12. The third-order valence-electron chi connectivity index (χ3n) is 3.10. The van der Waals surface area contributed by atoms with Gasteiger partial charge < -0.3 is 10.0 Å². The molecule has 0 aromatic carbocycles. The highest BCUT2D eigenvalue weighted by Crippen LogP contribution is 2.21. The molecule has 1 saturated heterocycles. The Kier molecular flexibility index (Phi) is 3.92. The van der Waals surface area contributed by atoms with Crippen LogP contribution in [0.2, 0.25) is 0 Å². The summed E-state index contributed by atoms with van der Waals surface area (Å²) in [6, 6.07) is -0.564. The molecule has 0 aromatic heterocycles. The Morgan fingerprint density at radius 2 is 2.00 bits per heavy atom. The minimum atomic E-state index is -3.33. The van der Waals surface area contributed by atoms with Gasteiger partial charge in [0.05, 0.1) is 18.7 Å². The van der Waals surface area contributed by atoms with Crippen molar-refractivity contribution in [1.82, 2.24) is 9.21 Å². The lowest BCUT2D eigenvalue weighted by atomic mass is 10.0. The number of sulfonamides is 1. The molecule has 1 rings (SSSR count). The van der Waals surface area contributed by atoms with E-state index in [0.717, 1.165) is 6.26 Å². The van der Waals surface area contributed by atoms with Crippen LogP contribution in [0.5, 0.6) is 0 Å². The van der Waals surface area contributed by atoms with Crippen molar-refractivity contribution in [2.24, 2.45) is 0 Å². The molecule has 0 spiro atoms. The zero-order valence-electron chi connectivity index (χ0n) is 9.75. The van der Waals surface area contributed by atoms with Gasteiger partial charge in [0.15, 0.2) is 0 Å². The number of rotatable bonds is 3. The van der Waals surface area contributed by atoms with Gasteiger partial charge in [0.25, 0.3) is 0 Å². The molecular weight excluding hydrogens is 232 g/mol. The van der Waals surface area contributed by atoms with Crippen LogP contribution in [-0.4, -0.2) is 67.2 Å². The molecule has 0 unspecified atom stereocenters. The average molecular weight is 250 g/mol. The normalized spacial score (nSPS) is 29.2. The Labute approximate surface area is 95.9 Å². The molecule has 7 heteroatoms. The topological polar surface area (TPSA) is 77.9 Å². The number of hydrogen-bond donors (Lipinski definition) is 1. The maximum atomic E-state index is 11.5. The quantitative estimate of drug-likeness (QED) is 0.725. The number of hydrogen-bond acceptors (Lipinski definition) is 4. The van der Waals surface area contributed by atoms with Crippen molar-refractivity contribution in [3.63, 3.8) is 0 Å². The predicted octanol–water partition coefficient (Wildman–Crippen LogP) is -0.575. The SMILES string of the molecule is C[C@@H]1[C@@H](CC(=O)O)N(S(C)(=O)=O)CCN1C. The number of carbonyl (C=O) groups is 1. The fourth-order valence-electron chi connectivity index (χ4n) is 2.02. The van der Waals surface area contributed by atoms with Gasteiger partial charge in [-0.15, -0.1) is 0 Å². The largest absolute Gasteiger partial charge is 0.481 e. The summed E-state index contributed by atoms with van der Waals surface area (Å²) in [6.07, 6.45) is 0.971. The molecule has 2 atom stereocenters. The molecule has 0 radical (unpaired) electrons. The minimum Gasteiger partial charge on any atom is -0.481 e. The second kappa shape index (κ2) is 4.68. The lowest BCUT2D eigenvalue weighted by Gasteiger charge is -2.43. The average Bonchev–Trinajstić information content (AvgIpc) is 2.10. The third kappa shape index (κ3) is 2.93. The second-order valence-electron chi connectivity index (χ2n) is 4.26. The number of nitrogens with zero attached hydrogens (tertiary/aromatic N) is 2. The van der Waals surface area contributed by atoms with E-state index >= 15 is 0 Å². The molecule has 1 aliphatic rings. The Morgan fingerprint density at radius 3 is 2.44 bits per heavy atom. The molecule has 1 aliphatic heterocycles.